The molecule has 0 unspecified atom stereocenters. The molecule has 0 saturated carbocycles. The van der Waals surface area contributed by atoms with Crippen molar-refractivity contribution in [3.8, 4) is 0 Å². The van der Waals surface area contributed by atoms with Gasteiger partial charge in [-0.1, -0.05) is 0 Å². The number of esters is 2. The Morgan fingerprint density at radius 2 is 1.35 bits per heavy atom. The summed E-state index contributed by atoms with van der Waals surface area (Å²) in [6, 6.07) is -1.96. The number of rotatable bonds is 6. The van der Waals surface area contributed by atoms with E-state index in [1.54, 1.807) is 0 Å². The van der Waals surface area contributed by atoms with E-state index in [0.29, 0.717) is 0 Å². The zero-order valence-corrected chi connectivity index (χ0v) is 11.0. The second-order valence-corrected chi connectivity index (χ2v) is 4.99. The van der Waals surface area contributed by atoms with Gasteiger partial charge >= 0.3 is 19.6 Å². The van der Waals surface area contributed by atoms with Crippen molar-refractivity contribution in [1.82, 2.24) is 10.2 Å². The molecule has 0 bridgehead atoms. The van der Waals surface area contributed by atoms with Crippen LogP contribution in [0.2, 0.25) is 0 Å². The van der Waals surface area contributed by atoms with Crippen LogP contribution in [0.4, 0.5) is 0 Å². The van der Waals surface area contributed by atoms with Crippen LogP contribution in [0.25, 0.3) is 0 Å². The normalized spacial score (nSPS) is 14.9. The number of hydrogen-bond acceptors (Lipinski definition) is 5. The molecule has 17 heavy (non-hydrogen) atoms. The predicted molar refractivity (Wildman–Crippen MR) is 59.1 cm³/mol. The van der Waals surface area contributed by atoms with Crippen molar-refractivity contribution in [3.05, 3.63) is 0 Å². The molecular weight excluding hydrogens is 251 g/mol. The van der Waals surface area contributed by atoms with Gasteiger partial charge in [-0.2, -0.15) is 0 Å². The third kappa shape index (κ3) is 5.78. The van der Waals surface area contributed by atoms with Crippen LogP contribution in [0.5, 0.6) is 0 Å². The average molecular weight is 268 g/mol. The molecule has 0 heterocycles. The SMILES string of the molecule is COC(=O)[C@H](C)NP(=O)(O)N[C@@H](C)C(=O)OC. The molecule has 0 aliphatic rings. The first-order chi connectivity index (χ1) is 7.73. The van der Waals surface area contributed by atoms with Gasteiger partial charge in [-0.05, 0) is 13.8 Å². The Morgan fingerprint density at radius 1 is 1.06 bits per heavy atom. The fraction of sp³-hybridized carbons (Fsp3) is 0.750. The van der Waals surface area contributed by atoms with Crippen LogP contribution in [0.1, 0.15) is 13.8 Å². The van der Waals surface area contributed by atoms with E-state index in [-0.39, 0.29) is 0 Å². The molecule has 0 aromatic heterocycles. The highest BCUT2D eigenvalue weighted by molar-refractivity contribution is 7.53. The summed E-state index contributed by atoms with van der Waals surface area (Å²) in [6.07, 6.45) is 0. The summed E-state index contributed by atoms with van der Waals surface area (Å²) in [5.41, 5.74) is 0. The Kier molecular flexibility index (Phi) is 6.33. The topological polar surface area (TPSA) is 114 Å². The molecule has 0 aromatic rings. The summed E-state index contributed by atoms with van der Waals surface area (Å²) >= 11 is 0. The number of ether oxygens (including phenoxy) is 2. The number of nitrogens with one attached hydrogen (secondary N) is 2. The number of hydrogen-bond donors (Lipinski definition) is 3. The van der Waals surface area contributed by atoms with Gasteiger partial charge in [0.2, 0.25) is 0 Å². The molecule has 0 saturated heterocycles. The van der Waals surface area contributed by atoms with E-state index < -0.39 is 31.7 Å². The molecule has 100 valence electrons. The minimum atomic E-state index is -4.04. The lowest BCUT2D eigenvalue weighted by atomic mass is 10.4. The van der Waals surface area contributed by atoms with Crippen LogP contribution in [0.15, 0.2) is 0 Å². The first-order valence-corrected chi connectivity index (χ1v) is 6.43. The second kappa shape index (κ2) is 6.70. The molecule has 9 heteroatoms. The second-order valence-electron chi connectivity index (χ2n) is 3.32. The monoisotopic (exact) mass is 268 g/mol. The lowest BCUT2D eigenvalue weighted by Gasteiger charge is -2.20. The zero-order valence-electron chi connectivity index (χ0n) is 10.1. The third-order valence-electron chi connectivity index (χ3n) is 1.85. The van der Waals surface area contributed by atoms with Gasteiger partial charge in [0.1, 0.15) is 12.1 Å². The Labute approximate surface area is 99.2 Å². The van der Waals surface area contributed by atoms with Crippen LogP contribution in [-0.2, 0) is 23.6 Å². The number of methoxy groups -OCH3 is 2. The van der Waals surface area contributed by atoms with Gasteiger partial charge in [-0.15, -0.1) is 0 Å². The molecular formula is C8H17N2O6P. The summed E-state index contributed by atoms with van der Waals surface area (Å²) in [6.45, 7) is 2.72. The van der Waals surface area contributed by atoms with Crippen LogP contribution in [0, 0.1) is 0 Å². The van der Waals surface area contributed by atoms with E-state index in [9.17, 15) is 19.0 Å². The Hall–Kier alpha value is -0.950. The molecule has 0 rings (SSSR count). The van der Waals surface area contributed by atoms with Crippen molar-refractivity contribution in [2.24, 2.45) is 0 Å². The van der Waals surface area contributed by atoms with Crippen molar-refractivity contribution < 1.29 is 28.5 Å². The Bertz CT molecular complexity index is 306. The molecule has 8 nitrogen and oxygen atoms in total. The molecule has 0 amide bonds. The summed E-state index contributed by atoms with van der Waals surface area (Å²) in [5.74, 6) is -1.38. The van der Waals surface area contributed by atoms with Crippen molar-refractivity contribution >= 4 is 19.6 Å². The van der Waals surface area contributed by atoms with Crippen molar-refractivity contribution in [2.45, 2.75) is 25.9 Å². The summed E-state index contributed by atoms with van der Waals surface area (Å²) in [7, 11) is -1.72. The first kappa shape index (κ1) is 16.1. The molecule has 0 aromatic carbocycles. The lowest BCUT2D eigenvalue weighted by Crippen LogP contribution is -2.41. The highest BCUT2D eigenvalue weighted by Crippen LogP contribution is 2.31. The van der Waals surface area contributed by atoms with E-state index in [2.05, 4.69) is 19.6 Å². The van der Waals surface area contributed by atoms with E-state index in [0.717, 1.165) is 14.2 Å². The summed E-state index contributed by atoms with van der Waals surface area (Å²) < 4.78 is 20.4. The lowest BCUT2D eigenvalue weighted by molar-refractivity contribution is -0.142. The molecule has 0 radical (unpaired) electrons. The van der Waals surface area contributed by atoms with Gasteiger partial charge in [0, 0.05) is 0 Å². The predicted octanol–water partition coefficient (Wildman–Crippen LogP) is -0.611. The molecule has 3 N–H and O–H groups in total. The largest absolute Gasteiger partial charge is 0.468 e. The maximum Gasteiger partial charge on any atom is 0.339 e. The molecule has 0 aliphatic heterocycles. The Balaban J connectivity index is 4.44. The molecule has 0 aliphatic carbocycles. The van der Waals surface area contributed by atoms with Crippen LogP contribution in [0.3, 0.4) is 0 Å². The highest BCUT2D eigenvalue weighted by Gasteiger charge is 2.29. The maximum atomic E-state index is 11.6. The van der Waals surface area contributed by atoms with Gasteiger partial charge in [0.25, 0.3) is 0 Å². The number of carbonyl (C=O) groups is 2. The van der Waals surface area contributed by atoms with Gasteiger partial charge < -0.3 is 14.4 Å². The highest BCUT2D eigenvalue weighted by atomic mass is 31.2. The van der Waals surface area contributed by atoms with Crippen molar-refractivity contribution in [2.75, 3.05) is 14.2 Å². The standard InChI is InChI=1S/C8H17N2O6P/c1-5(7(11)15-3)9-17(13,14)10-6(2)8(12)16-4/h5-6H,1-4H3,(H3,9,10,13,14)/t5-,6-/m0/s1. The molecule has 2 atom stereocenters. The summed E-state index contributed by atoms with van der Waals surface area (Å²) in [5, 5.41) is 4.27. The molecule has 0 spiro atoms. The number of carbonyl (C=O) groups excluding carboxylic acids is 2. The van der Waals surface area contributed by atoms with E-state index >= 15 is 0 Å². The minimum Gasteiger partial charge on any atom is -0.468 e. The van der Waals surface area contributed by atoms with E-state index in [1.807, 2.05) is 0 Å². The Morgan fingerprint density at radius 3 is 1.59 bits per heavy atom. The fourth-order valence-electron chi connectivity index (χ4n) is 1.02. The van der Waals surface area contributed by atoms with Crippen molar-refractivity contribution in [1.29, 1.82) is 0 Å². The minimum absolute atomic E-state index is 0.688. The third-order valence-corrected chi connectivity index (χ3v) is 3.32. The quantitative estimate of drug-likeness (QED) is 0.432. The maximum absolute atomic E-state index is 11.6. The summed E-state index contributed by atoms with van der Waals surface area (Å²) in [4.78, 5) is 31.5. The van der Waals surface area contributed by atoms with E-state index in [1.165, 1.54) is 13.8 Å². The van der Waals surface area contributed by atoms with Gasteiger partial charge in [-0.25, -0.2) is 10.2 Å². The fourth-order valence-corrected chi connectivity index (χ4v) is 2.36. The zero-order chi connectivity index (χ0) is 13.6. The van der Waals surface area contributed by atoms with Gasteiger partial charge in [0.15, 0.2) is 0 Å². The first-order valence-electron chi connectivity index (χ1n) is 4.77. The van der Waals surface area contributed by atoms with E-state index in [4.69, 9.17) is 0 Å². The van der Waals surface area contributed by atoms with Crippen molar-refractivity contribution in [3.63, 3.8) is 0 Å². The average Bonchev–Trinajstić information content (AvgIpc) is 2.25. The van der Waals surface area contributed by atoms with Crippen LogP contribution >= 0.6 is 7.67 Å². The van der Waals surface area contributed by atoms with Gasteiger partial charge in [0.05, 0.1) is 14.2 Å². The van der Waals surface area contributed by atoms with Crippen LogP contribution < -0.4 is 10.2 Å². The van der Waals surface area contributed by atoms with Gasteiger partial charge in [-0.3, -0.25) is 14.2 Å². The van der Waals surface area contributed by atoms with Crippen LogP contribution in [-0.4, -0.2) is 43.1 Å². The molecule has 0 fully saturated rings. The smallest absolute Gasteiger partial charge is 0.339 e.